The number of hydrogen-bond acceptors (Lipinski definition) is 4. The van der Waals surface area contributed by atoms with Crippen molar-refractivity contribution < 1.29 is 9.18 Å². The summed E-state index contributed by atoms with van der Waals surface area (Å²) in [5.74, 6) is -0.867. The first-order valence-electron chi connectivity index (χ1n) is 8.83. The number of carbonyl (C=O) groups excluding carboxylic acids is 1. The average Bonchev–Trinajstić information content (AvgIpc) is 2.70. The number of amides is 1. The van der Waals surface area contributed by atoms with E-state index in [9.17, 15) is 14.4 Å². The van der Waals surface area contributed by atoms with Crippen molar-refractivity contribution in [3.63, 3.8) is 0 Å². The normalized spacial score (nSPS) is 15.3. The summed E-state index contributed by atoms with van der Waals surface area (Å²) < 4.78 is 12.9. The Bertz CT molecular complexity index is 835. The van der Waals surface area contributed by atoms with Gasteiger partial charge in [0.2, 0.25) is 0 Å². The lowest BCUT2D eigenvalue weighted by molar-refractivity contribution is -0.112. The van der Waals surface area contributed by atoms with Crippen LogP contribution in [-0.2, 0) is 11.3 Å². The van der Waals surface area contributed by atoms with Crippen molar-refractivity contribution in [3.05, 3.63) is 77.8 Å². The number of hydrogen-bond donors (Lipinski definition) is 1. The highest BCUT2D eigenvalue weighted by molar-refractivity contribution is 6.06. The molecule has 1 fully saturated rings. The predicted molar refractivity (Wildman–Crippen MR) is 102 cm³/mol. The van der Waals surface area contributed by atoms with Crippen molar-refractivity contribution in [2.75, 3.05) is 31.5 Å². The molecule has 0 unspecified atom stereocenters. The zero-order chi connectivity index (χ0) is 19.1. The fraction of sp³-hybridized carbons (Fsp3) is 0.238. The Morgan fingerprint density at radius 2 is 1.74 bits per heavy atom. The molecule has 0 bridgehead atoms. The van der Waals surface area contributed by atoms with Gasteiger partial charge < -0.3 is 10.2 Å². The second-order valence-electron chi connectivity index (χ2n) is 6.41. The molecule has 1 saturated heterocycles. The van der Waals surface area contributed by atoms with Gasteiger partial charge in [-0.1, -0.05) is 30.3 Å². The van der Waals surface area contributed by atoms with E-state index in [-0.39, 0.29) is 11.4 Å². The SMILES string of the molecule is N#CC(=CN1CCN(Cc2ccccc2)CC1)C(=O)Nc1ccc(F)cc1. The number of nitrogens with zero attached hydrogens (tertiary/aromatic N) is 3. The van der Waals surface area contributed by atoms with Gasteiger partial charge in [0.05, 0.1) is 0 Å². The van der Waals surface area contributed by atoms with Crippen LogP contribution < -0.4 is 5.32 Å². The molecule has 0 spiro atoms. The standard InChI is InChI=1S/C21H21FN4O/c22-19-6-8-20(9-7-19)24-21(27)18(14-23)16-26-12-10-25(11-13-26)15-17-4-2-1-3-5-17/h1-9,16H,10-13,15H2,(H,24,27). The van der Waals surface area contributed by atoms with Crippen LogP contribution in [0.15, 0.2) is 66.4 Å². The smallest absolute Gasteiger partial charge is 0.267 e. The topological polar surface area (TPSA) is 59.4 Å². The molecule has 0 aliphatic carbocycles. The first-order valence-corrected chi connectivity index (χ1v) is 8.83. The molecule has 2 aromatic rings. The van der Waals surface area contributed by atoms with Gasteiger partial charge in [-0.15, -0.1) is 0 Å². The average molecular weight is 364 g/mol. The van der Waals surface area contributed by atoms with E-state index in [4.69, 9.17) is 0 Å². The quantitative estimate of drug-likeness (QED) is 0.655. The van der Waals surface area contributed by atoms with Crippen molar-refractivity contribution in [2.45, 2.75) is 6.54 Å². The number of benzene rings is 2. The minimum absolute atomic E-state index is 0.0378. The lowest BCUT2D eigenvalue weighted by Gasteiger charge is -2.34. The Kier molecular flexibility index (Phi) is 6.18. The molecule has 1 heterocycles. The van der Waals surface area contributed by atoms with E-state index in [2.05, 4.69) is 22.3 Å². The van der Waals surface area contributed by atoms with Crippen molar-refractivity contribution in [3.8, 4) is 6.07 Å². The van der Waals surface area contributed by atoms with E-state index in [1.165, 1.54) is 29.8 Å². The first-order chi connectivity index (χ1) is 13.1. The largest absolute Gasteiger partial charge is 0.374 e. The molecule has 0 radical (unpaired) electrons. The van der Waals surface area contributed by atoms with Crippen LogP contribution in [0, 0.1) is 17.1 Å². The maximum atomic E-state index is 12.9. The number of carbonyl (C=O) groups is 1. The molecule has 3 rings (SSSR count). The third kappa shape index (κ3) is 5.40. The summed E-state index contributed by atoms with van der Waals surface area (Å²) in [6, 6.07) is 17.7. The van der Waals surface area contributed by atoms with Gasteiger partial charge in [-0.2, -0.15) is 5.26 Å². The van der Waals surface area contributed by atoms with Gasteiger partial charge in [0.15, 0.2) is 0 Å². The van der Waals surface area contributed by atoms with Gasteiger partial charge in [0.1, 0.15) is 17.5 Å². The van der Waals surface area contributed by atoms with Crippen LogP contribution in [0.3, 0.4) is 0 Å². The number of piperazine rings is 1. The molecular formula is C21H21FN4O. The maximum absolute atomic E-state index is 12.9. The summed E-state index contributed by atoms with van der Waals surface area (Å²) >= 11 is 0. The summed E-state index contributed by atoms with van der Waals surface area (Å²) in [5.41, 5.74) is 1.77. The van der Waals surface area contributed by atoms with Crippen LogP contribution in [-0.4, -0.2) is 41.9 Å². The number of halogens is 1. The lowest BCUT2D eigenvalue weighted by atomic mass is 10.2. The molecule has 138 valence electrons. The van der Waals surface area contributed by atoms with Crippen molar-refractivity contribution in [2.24, 2.45) is 0 Å². The highest BCUT2D eigenvalue weighted by atomic mass is 19.1. The van der Waals surface area contributed by atoms with Gasteiger partial charge in [-0.05, 0) is 29.8 Å². The third-order valence-corrected chi connectivity index (χ3v) is 4.43. The molecule has 0 atom stereocenters. The molecule has 0 aromatic heterocycles. The second-order valence-corrected chi connectivity index (χ2v) is 6.41. The Balaban J connectivity index is 1.54. The Morgan fingerprint density at radius 3 is 2.37 bits per heavy atom. The Hall–Kier alpha value is -3.17. The Labute approximate surface area is 158 Å². The van der Waals surface area contributed by atoms with E-state index in [1.807, 2.05) is 29.2 Å². The van der Waals surface area contributed by atoms with E-state index < -0.39 is 5.91 Å². The summed E-state index contributed by atoms with van der Waals surface area (Å²) in [6.07, 6.45) is 1.61. The Morgan fingerprint density at radius 1 is 1.07 bits per heavy atom. The van der Waals surface area contributed by atoms with Gasteiger partial charge in [-0.3, -0.25) is 9.69 Å². The van der Waals surface area contributed by atoms with Gasteiger partial charge in [-0.25, -0.2) is 4.39 Å². The summed E-state index contributed by atoms with van der Waals surface area (Å²) in [7, 11) is 0. The minimum Gasteiger partial charge on any atom is -0.374 e. The zero-order valence-electron chi connectivity index (χ0n) is 14.9. The van der Waals surface area contributed by atoms with E-state index in [1.54, 1.807) is 6.20 Å². The number of rotatable bonds is 5. The van der Waals surface area contributed by atoms with Crippen LogP contribution in [0.4, 0.5) is 10.1 Å². The fourth-order valence-electron chi connectivity index (χ4n) is 2.94. The molecule has 5 nitrogen and oxygen atoms in total. The van der Waals surface area contributed by atoms with Crippen LogP contribution in [0.2, 0.25) is 0 Å². The molecule has 27 heavy (non-hydrogen) atoms. The monoisotopic (exact) mass is 364 g/mol. The zero-order valence-corrected chi connectivity index (χ0v) is 14.9. The molecule has 6 heteroatoms. The minimum atomic E-state index is -0.490. The highest BCUT2D eigenvalue weighted by Gasteiger charge is 2.17. The summed E-state index contributed by atoms with van der Waals surface area (Å²) in [5, 5.41) is 11.9. The van der Waals surface area contributed by atoms with Crippen molar-refractivity contribution in [1.82, 2.24) is 9.80 Å². The van der Waals surface area contributed by atoms with Gasteiger partial charge in [0.25, 0.3) is 5.91 Å². The lowest BCUT2D eigenvalue weighted by Crippen LogP contribution is -2.43. The molecule has 0 saturated carbocycles. The maximum Gasteiger partial charge on any atom is 0.267 e. The second kappa shape index (κ2) is 8.97. The molecule has 1 aliphatic heterocycles. The van der Waals surface area contributed by atoms with Crippen LogP contribution in [0.25, 0.3) is 0 Å². The summed E-state index contributed by atoms with van der Waals surface area (Å²) in [6.45, 7) is 4.13. The van der Waals surface area contributed by atoms with Crippen molar-refractivity contribution in [1.29, 1.82) is 5.26 Å². The van der Waals surface area contributed by atoms with E-state index >= 15 is 0 Å². The van der Waals surface area contributed by atoms with E-state index in [0.29, 0.717) is 5.69 Å². The van der Waals surface area contributed by atoms with Crippen LogP contribution >= 0.6 is 0 Å². The van der Waals surface area contributed by atoms with Crippen LogP contribution in [0.1, 0.15) is 5.56 Å². The van der Waals surface area contributed by atoms with E-state index in [0.717, 1.165) is 32.7 Å². The molecule has 1 amide bonds. The first kappa shape index (κ1) is 18.6. The molecule has 2 aromatic carbocycles. The molecule has 1 aliphatic rings. The molecule has 1 N–H and O–H groups in total. The number of nitrogens with one attached hydrogen (secondary N) is 1. The third-order valence-electron chi connectivity index (χ3n) is 4.43. The van der Waals surface area contributed by atoms with Gasteiger partial charge >= 0.3 is 0 Å². The predicted octanol–water partition coefficient (Wildman–Crippen LogP) is 2.99. The van der Waals surface area contributed by atoms with Crippen LogP contribution in [0.5, 0.6) is 0 Å². The summed E-state index contributed by atoms with van der Waals surface area (Å²) in [4.78, 5) is 16.6. The number of nitriles is 1. The van der Waals surface area contributed by atoms with Gasteiger partial charge in [0, 0.05) is 44.6 Å². The molecular weight excluding hydrogens is 343 g/mol. The fourth-order valence-corrected chi connectivity index (χ4v) is 2.94. The highest BCUT2D eigenvalue weighted by Crippen LogP contribution is 2.12. The van der Waals surface area contributed by atoms with Crippen molar-refractivity contribution >= 4 is 11.6 Å². The number of anilines is 1.